The molecule has 1 aromatic rings. The lowest BCUT2D eigenvalue weighted by Crippen LogP contribution is -2.58. The molecule has 1 saturated heterocycles. The van der Waals surface area contributed by atoms with E-state index in [4.69, 9.17) is 0 Å². The maximum atomic E-state index is 12.7. The molecule has 1 heterocycles. The Hall–Kier alpha value is -1.11. The van der Waals surface area contributed by atoms with Crippen molar-refractivity contribution in [3.63, 3.8) is 0 Å². The number of rotatable bonds is 5. The van der Waals surface area contributed by atoms with Gasteiger partial charge >= 0.3 is 0 Å². The van der Waals surface area contributed by atoms with Crippen LogP contribution in [-0.2, 0) is 21.1 Å². The molecule has 0 aliphatic carbocycles. The van der Waals surface area contributed by atoms with E-state index in [1.54, 1.807) is 0 Å². The van der Waals surface area contributed by atoms with E-state index >= 15 is 0 Å². The van der Waals surface area contributed by atoms with Crippen LogP contribution in [0.4, 0.5) is 0 Å². The number of benzene rings is 1. The van der Waals surface area contributed by atoms with Gasteiger partial charge in [-0.3, -0.25) is 4.79 Å². The van der Waals surface area contributed by atoms with Gasteiger partial charge in [-0.15, -0.1) is 12.4 Å². The third-order valence-corrected chi connectivity index (χ3v) is 6.71. The Kier molecular flexibility index (Phi) is 7.25. The minimum absolute atomic E-state index is 0. The van der Waals surface area contributed by atoms with Crippen LogP contribution in [0, 0.1) is 6.92 Å². The first-order chi connectivity index (χ1) is 10.8. The van der Waals surface area contributed by atoms with Gasteiger partial charge in [-0.2, -0.15) is 0 Å². The minimum Gasteiger partial charge on any atom is -0.352 e. The summed E-state index contributed by atoms with van der Waals surface area (Å²) in [4.78, 5) is 12.7. The smallest absolute Gasteiger partial charge is 0.241 e. The van der Waals surface area contributed by atoms with Crippen LogP contribution in [0.3, 0.4) is 0 Å². The molecule has 7 heteroatoms. The van der Waals surface area contributed by atoms with Crippen LogP contribution in [0.2, 0.25) is 0 Å². The fourth-order valence-corrected chi connectivity index (χ4v) is 4.51. The van der Waals surface area contributed by atoms with Gasteiger partial charge in [0.05, 0.1) is 0 Å². The number of sulfone groups is 1. The summed E-state index contributed by atoms with van der Waals surface area (Å²) in [5.41, 5.74) is 2.34. The van der Waals surface area contributed by atoms with Crippen LogP contribution < -0.4 is 10.6 Å². The molecule has 0 radical (unpaired) electrons. The molecule has 2 N–H and O–H groups in total. The standard InChI is InChI=1S/C17H26N2O3S.ClH/c1-13-6-4-5-7-15(13)12-14(2)19-16(20)17(23(3,21)22)8-10-18-11-9-17;/h4-7,14,18H,8-12H2,1-3H3,(H,19,20);1H. The van der Waals surface area contributed by atoms with Crippen LogP contribution in [0.15, 0.2) is 24.3 Å². The van der Waals surface area contributed by atoms with Gasteiger partial charge < -0.3 is 10.6 Å². The highest BCUT2D eigenvalue weighted by atomic mass is 35.5. The Bertz CT molecular complexity index is 670. The summed E-state index contributed by atoms with van der Waals surface area (Å²) < 4.78 is 23.2. The van der Waals surface area contributed by atoms with Crippen molar-refractivity contribution >= 4 is 28.2 Å². The van der Waals surface area contributed by atoms with Crippen LogP contribution in [-0.4, -0.2) is 44.5 Å². The molecule has 0 bridgehead atoms. The fraction of sp³-hybridized carbons (Fsp3) is 0.588. The highest BCUT2D eigenvalue weighted by molar-refractivity contribution is 7.92. The van der Waals surface area contributed by atoms with Crippen LogP contribution in [0.5, 0.6) is 0 Å². The van der Waals surface area contributed by atoms with Gasteiger partial charge in [-0.25, -0.2) is 8.42 Å². The molecular weight excluding hydrogens is 348 g/mol. The molecule has 2 rings (SSSR count). The highest BCUT2D eigenvalue weighted by Gasteiger charge is 2.48. The molecule has 1 aliphatic rings. The zero-order valence-electron chi connectivity index (χ0n) is 14.5. The highest BCUT2D eigenvalue weighted by Crippen LogP contribution is 2.28. The average Bonchev–Trinajstić information content (AvgIpc) is 2.49. The first-order valence-electron chi connectivity index (χ1n) is 8.02. The fourth-order valence-electron chi connectivity index (χ4n) is 3.17. The van der Waals surface area contributed by atoms with Crippen molar-refractivity contribution in [1.82, 2.24) is 10.6 Å². The Morgan fingerprint density at radius 1 is 1.29 bits per heavy atom. The summed E-state index contributed by atoms with van der Waals surface area (Å²) in [5.74, 6) is -0.359. The molecule has 0 saturated carbocycles. The number of hydrogen-bond donors (Lipinski definition) is 2. The summed E-state index contributed by atoms with van der Waals surface area (Å²) in [6.07, 6.45) is 2.52. The number of piperidine rings is 1. The zero-order chi connectivity index (χ0) is 17.1. The van der Waals surface area contributed by atoms with Crippen molar-refractivity contribution in [3.8, 4) is 0 Å². The zero-order valence-corrected chi connectivity index (χ0v) is 16.1. The van der Waals surface area contributed by atoms with Crippen molar-refractivity contribution in [2.24, 2.45) is 0 Å². The lowest BCUT2D eigenvalue weighted by molar-refractivity contribution is -0.124. The Morgan fingerprint density at radius 3 is 2.42 bits per heavy atom. The molecule has 136 valence electrons. The van der Waals surface area contributed by atoms with Crippen molar-refractivity contribution in [1.29, 1.82) is 0 Å². The summed E-state index contributed by atoms with van der Waals surface area (Å²) in [6, 6.07) is 7.91. The van der Waals surface area contributed by atoms with E-state index in [1.807, 2.05) is 38.1 Å². The maximum absolute atomic E-state index is 12.7. The number of aryl methyl sites for hydroxylation is 1. The number of carbonyl (C=O) groups excluding carboxylic acids is 1. The van der Waals surface area contributed by atoms with Crippen LogP contribution >= 0.6 is 12.4 Å². The first kappa shape index (κ1) is 20.9. The van der Waals surface area contributed by atoms with E-state index in [0.717, 1.165) is 0 Å². The summed E-state index contributed by atoms with van der Waals surface area (Å²) in [5, 5.41) is 6.05. The molecule has 1 unspecified atom stereocenters. The predicted octanol–water partition coefficient (Wildman–Crippen LogP) is 1.63. The second-order valence-electron chi connectivity index (χ2n) is 6.52. The van der Waals surface area contributed by atoms with E-state index in [2.05, 4.69) is 10.6 Å². The largest absolute Gasteiger partial charge is 0.352 e. The Labute approximate surface area is 150 Å². The quantitative estimate of drug-likeness (QED) is 0.821. The molecule has 5 nitrogen and oxygen atoms in total. The van der Waals surface area contributed by atoms with Crippen molar-refractivity contribution in [2.75, 3.05) is 19.3 Å². The van der Waals surface area contributed by atoms with Gasteiger partial charge in [0, 0.05) is 12.3 Å². The summed E-state index contributed by atoms with van der Waals surface area (Å²) >= 11 is 0. The molecule has 1 amide bonds. The predicted molar refractivity (Wildman–Crippen MR) is 99.4 cm³/mol. The SMILES string of the molecule is Cc1ccccc1CC(C)NC(=O)C1(S(C)(=O)=O)CCNCC1.Cl. The van der Waals surface area contributed by atoms with Crippen LogP contribution in [0.25, 0.3) is 0 Å². The summed E-state index contributed by atoms with van der Waals surface area (Å²) in [6.45, 7) is 5.05. The topological polar surface area (TPSA) is 75.3 Å². The lowest BCUT2D eigenvalue weighted by Gasteiger charge is -2.35. The van der Waals surface area contributed by atoms with E-state index in [1.165, 1.54) is 17.4 Å². The van der Waals surface area contributed by atoms with Gasteiger partial charge in [0.15, 0.2) is 14.6 Å². The number of nitrogens with one attached hydrogen (secondary N) is 2. The number of halogens is 1. The number of hydrogen-bond acceptors (Lipinski definition) is 4. The second kappa shape index (κ2) is 8.32. The molecule has 24 heavy (non-hydrogen) atoms. The van der Waals surface area contributed by atoms with E-state index < -0.39 is 14.6 Å². The molecule has 1 fully saturated rings. The van der Waals surface area contributed by atoms with Gasteiger partial charge in [0.1, 0.15) is 0 Å². The number of amides is 1. The lowest BCUT2D eigenvalue weighted by atomic mass is 9.95. The molecule has 0 aromatic heterocycles. The average molecular weight is 375 g/mol. The van der Waals surface area contributed by atoms with Crippen molar-refractivity contribution in [2.45, 2.75) is 43.9 Å². The van der Waals surface area contributed by atoms with Crippen molar-refractivity contribution < 1.29 is 13.2 Å². The molecule has 1 atom stereocenters. The number of carbonyl (C=O) groups is 1. The summed E-state index contributed by atoms with van der Waals surface area (Å²) in [7, 11) is -3.47. The normalized spacial score (nSPS) is 18.3. The second-order valence-corrected chi connectivity index (χ2v) is 8.85. The van der Waals surface area contributed by atoms with Gasteiger partial charge in [0.2, 0.25) is 5.91 Å². The third-order valence-electron chi connectivity index (χ3n) is 4.70. The first-order valence-corrected chi connectivity index (χ1v) is 9.91. The van der Waals surface area contributed by atoms with Gasteiger partial charge in [-0.05, 0) is 57.3 Å². The van der Waals surface area contributed by atoms with Crippen molar-refractivity contribution in [3.05, 3.63) is 35.4 Å². The van der Waals surface area contributed by atoms with E-state index in [0.29, 0.717) is 32.4 Å². The molecular formula is C17H27ClN2O3S. The Morgan fingerprint density at radius 2 is 1.88 bits per heavy atom. The molecule has 1 aliphatic heterocycles. The monoisotopic (exact) mass is 374 g/mol. The van der Waals surface area contributed by atoms with Gasteiger partial charge in [-0.1, -0.05) is 24.3 Å². The maximum Gasteiger partial charge on any atom is 0.241 e. The molecule has 0 spiro atoms. The molecule has 1 aromatic carbocycles. The minimum atomic E-state index is -3.47. The van der Waals surface area contributed by atoms with E-state index in [-0.39, 0.29) is 24.4 Å². The third kappa shape index (κ3) is 4.49. The Balaban J connectivity index is 0.00000288. The van der Waals surface area contributed by atoms with E-state index in [9.17, 15) is 13.2 Å². The van der Waals surface area contributed by atoms with Gasteiger partial charge in [0.25, 0.3) is 0 Å². The van der Waals surface area contributed by atoms with Crippen LogP contribution in [0.1, 0.15) is 30.9 Å².